The van der Waals surface area contributed by atoms with Crippen LogP contribution in [-0.2, 0) is 4.79 Å². The van der Waals surface area contributed by atoms with E-state index in [2.05, 4.69) is 13.0 Å². The minimum atomic E-state index is 0.443. The summed E-state index contributed by atoms with van der Waals surface area (Å²) < 4.78 is 0. The van der Waals surface area contributed by atoms with Crippen LogP contribution in [0.1, 0.15) is 45.4 Å². The van der Waals surface area contributed by atoms with E-state index in [1.165, 1.54) is 31.3 Å². The molecule has 2 fully saturated rings. The first-order valence-electron chi connectivity index (χ1n) is 5.56. The number of fused-ring (bicyclic) bond motifs is 1. The normalized spacial score (nSPS) is 36.7. The molecular formula is C12H18O. The first-order valence-corrected chi connectivity index (χ1v) is 5.56. The molecule has 2 rings (SSSR count). The van der Waals surface area contributed by atoms with Crippen LogP contribution in [0.25, 0.3) is 0 Å². The molecule has 0 N–H and O–H groups in total. The Hall–Kier alpha value is -0.590. The molecule has 1 heteroatoms. The molecule has 2 saturated carbocycles. The van der Waals surface area contributed by atoms with E-state index in [1.54, 1.807) is 0 Å². The molecular weight excluding hydrogens is 160 g/mol. The van der Waals surface area contributed by atoms with Crippen LogP contribution in [-0.4, -0.2) is 5.78 Å². The number of allylic oxidation sites excluding steroid dienone is 2. The Labute approximate surface area is 80.2 Å². The molecule has 72 valence electrons. The summed E-state index contributed by atoms with van der Waals surface area (Å²) in [6.07, 6.45) is 9.25. The van der Waals surface area contributed by atoms with Gasteiger partial charge >= 0.3 is 0 Å². The third-order valence-corrected chi connectivity index (χ3v) is 3.50. The fourth-order valence-corrected chi connectivity index (χ4v) is 2.91. The maximum atomic E-state index is 11.7. The molecule has 0 aliphatic heterocycles. The Morgan fingerprint density at radius 3 is 2.92 bits per heavy atom. The van der Waals surface area contributed by atoms with Gasteiger partial charge in [0.15, 0.2) is 5.78 Å². The van der Waals surface area contributed by atoms with E-state index in [0.29, 0.717) is 17.6 Å². The predicted molar refractivity (Wildman–Crippen MR) is 53.4 cm³/mol. The van der Waals surface area contributed by atoms with Crippen molar-refractivity contribution in [2.45, 2.75) is 45.4 Å². The maximum Gasteiger partial charge on any atom is 0.159 e. The number of rotatable bonds is 1. The first kappa shape index (κ1) is 8.98. The fraction of sp³-hybridized carbons (Fsp3) is 0.750. The average Bonchev–Trinajstić information content (AvgIpc) is 2.44. The molecule has 0 radical (unpaired) electrons. The molecule has 1 nitrogen and oxygen atoms in total. The van der Waals surface area contributed by atoms with Crippen LogP contribution < -0.4 is 0 Å². The highest BCUT2D eigenvalue weighted by Gasteiger charge is 2.38. The van der Waals surface area contributed by atoms with E-state index in [0.717, 1.165) is 12.8 Å². The van der Waals surface area contributed by atoms with Crippen molar-refractivity contribution < 1.29 is 4.79 Å². The van der Waals surface area contributed by atoms with Gasteiger partial charge in [0.05, 0.1) is 0 Å². The Bertz CT molecular complexity index is 240. The van der Waals surface area contributed by atoms with Crippen LogP contribution in [0.4, 0.5) is 0 Å². The zero-order valence-corrected chi connectivity index (χ0v) is 8.38. The summed E-state index contributed by atoms with van der Waals surface area (Å²) in [4.78, 5) is 11.7. The lowest BCUT2D eigenvalue weighted by Gasteiger charge is -2.24. The van der Waals surface area contributed by atoms with Crippen LogP contribution in [0.2, 0.25) is 0 Å². The van der Waals surface area contributed by atoms with Gasteiger partial charge in [-0.3, -0.25) is 4.79 Å². The molecule has 0 aromatic carbocycles. The standard InChI is InChI=1S/C12H18O/c1-2-5-11-10-7-4-3-6-9(10)8-12(11)13/h5,9-10H,2-4,6-8H2,1H3/b11-5+/t9-,10-/m1/s1. The number of carbonyl (C=O) groups is 1. The van der Waals surface area contributed by atoms with Crippen molar-refractivity contribution in [1.82, 2.24) is 0 Å². The molecule has 0 heterocycles. The smallest absolute Gasteiger partial charge is 0.159 e. The van der Waals surface area contributed by atoms with Crippen LogP contribution in [0.15, 0.2) is 11.6 Å². The lowest BCUT2D eigenvalue weighted by atomic mass is 9.80. The molecule has 2 aliphatic rings. The van der Waals surface area contributed by atoms with E-state index in [-0.39, 0.29) is 0 Å². The Kier molecular flexibility index (Phi) is 2.52. The zero-order valence-electron chi connectivity index (χ0n) is 8.38. The minimum Gasteiger partial charge on any atom is -0.295 e. The van der Waals surface area contributed by atoms with Gasteiger partial charge < -0.3 is 0 Å². The first-order chi connectivity index (χ1) is 6.33. The molecule has 0 unspecified atom stereocenters. The molecule has 0 spiro atoms. The Morgan fingerprint density at radius 2 is 2.15 bits per heavy atom. The summed E-state index contributed by atoms with van der Waals surface area (Å²) in [5.74, 6) is 1.79. The molecule has 2 atom stereocenters. The zero-order chi connectivity index (χ0) is 9.26. The Morgan fingerprint density at radius 1 is 1.38 bits per heavy atom. The summed E-state index contributed by atoms with van der Waals surface area (Å²) in [6, 6.07) is 0. The van der Waals surface area contributed by atoms with Crippen molar-refractivity contribution in [1.29, 1.82) is 0 Å². The van der Waals surface area contributed by atoms with Crippen LogP contribution >= 0.6 is 0 Å². The number of hydrogen-bond acceptors (Lipinski definition) is 1. The SMILES string of the molecule is CC/C=C1/C(=O)C[C@H]2CCCC[C@@H]12. The van der Waals surface area contributed by atoms with Gasteiger partial charge in [0, 0.05) is 6.42 Å². The molecule has 0 saturated heterocycles. The third-order valence-electron chi connectivity index (χ3n) is 3.50. The number of hydrogen-bond donors (Lipinski definition) is 0. The summed E-state index contributed by atoms with van der Waals surface area (Å²) in [6.45, 7) is 2.12. The van der Waals surface area contributed by atoms with Gasteiger partial charge in [0.2, 0.25) is 0 Å². The van der Waals surface area contributed by atoms with Gasteiger partial charge in [0.25, 0.3) is 0 Å². The van der Waals surface area contributed by atoms with Crippen molar-refractivity contribution in [2.75, 3.05) is 0 Å². The number of carbonyl (C=O) groups excluding carboxylic acids is 1. The van der Waals surface area contributed by atoms with E-state index in [1.807, 2.05) is 0 Å². The van der Waals surface area contributed by atoms with Crippen molar-refractivity contribution >= 4 is 5.78 Å². The van der Waals surface area contributed by atoms with Gasteiger partial charge in [0.1, 0.15) is 0 Å². The van der Waals surface area contributed by atoms with Gasteiger partial charge in [-0.25, -0.2) is 0 Å². The molecule has 0 aromatic rings. The van der Waals surface area contributed by atoms with E-state index >= 15 is 0 Å². The molecule has 13 heavy (non-hydrogen) atoms. The van der Waals surface area contributed by atoms with Crippen LogP contribution in [0.5, 0.6) is 0 Å². The van der Waals surface area contributed by atoms with Crippen molar-refractivity contribution in [3.8, 4) is 0 Å². The highest BCUT2D eigenvalue weighted by molar-refractivity contribution is 5.98. The number of Topliss-reactive ketones (excluding diaryl/α,β-unsaturated/α-hetero) is 1. The van der Waals surface area contributed by atoms with E-state index < -0.39 is 0 Å². The highest BCUT2D eigenvalue weighted by atomic mass is 16.1. The molecule has 2 aliphatic carbocycles. The summed E-state index contributed by atoms with van der Waals surface area (Å²) in [5, 5.41) is 0. The predicted octanol–water partition coefficient (Wildman–Crippen LogP) is 3.10. The average molecular weight is 178 g/mol. The van der Waals surface area contributed by atoms with Gasteiger partial charge in [-0.05, 0) is 36.7 Å². The second-order valence-electron chi connectivity index (χ2n) is 4.35. The van der Waals surface area contributed by atoms with Crippen molar-refractivity contribution in [3.63, 3.8) is 0 Å². The monoisotopic (exact) mass is 178 g/mol. The molecule has 0 bridgehead atoms. The summed E-state index contributed by atoms with van der Waals surface area (Å²) in [5.41, 5.74) is 1.17. The topological polar surface area (TPSA) is 17.1 Å². The molecule has 0 amide bonds. The fourth-order valence-electron chi connectivity index (χ4n) is 2.91. The highest BCUT2D eigenvalue weighted by Crippen LogP contribution is 2.43. The largest absolute Gasteiger partial charge is 0.295 e. The lowest BCUT2D eigenvalue weighted by molar-refractivity contribution is -0.114. The Balaban J connectivity index is 2.18. The lowest BCUT2D eigenvalue weighted by Crippen LogP contribution is -2.14. The van der Waals surface area contributed by atoms with E-state index in [4.69, 9.17) is 0 Å². The van der Waals surface area contributed by atoms with Crippen molar-refractivity contribution in [2.24, 2.45) is 11.8 Å². The second-order valence-corrected chi connectivity index (χ2v) is 4.35. The second kappa shape index (κ2) is 3.65. The molecule has 0 aromatic heterocycles. The van der Waals surface area contributed by atoms with Gasteiger partial charge in [-0.15, -0.1) is 0 Å². The quantitative estimate of drug-likeness (QED) is 0.564. The summed E-state index contributed by atoms with van der Waals surface area (Å²) >= 11 is 0. The van der Waals surface area contributed by atoms with Gasteiger partial charge in [-0.2, -0.15) is 0 Å². The maximum absolute atomic E-state index is 11.7. The van der Waals surface area contributed by atoms with Crippen LogP contribution in [0.3, 0.4) is 0 Å². The van der Waals surface area contributed by atoms with Crippen LogP contribution in [0, 0.1) is 11.8 Å². The number of ketones is 1. The third kappa shape index (κ3) is 1.56. The minimum absolute atomic E-state index is 0.443. The van der Waals surface area contributed by atoms with Gasteiger partial charge in [-0.1, -0.05) is 25.8 Å². The van der Waals surface area contributed by atoms with Crippen molar-refractivity contribution in [3.05, 3.63) is 11.6 Å². The summed E-state index contributed by atoms with van der Waals surface area (Å²) in [7, 11) is 0. The van der Waals surface area contributed by atoms with E-state index in [9.17, 15) is 4.79 Å².